The van der Waals surface area contributed by atoms with Crippen molar-refractivity contribution < 1.29 is 19.0 Å². The van der Waals surface area contributed by atoms with Crippen LogP contribution in [0.25, 0.3) is 0 Å². The average molecular weight is 355 g/mol. The van der Waals surface area contributed by atoms with E-state index in [4.69, 9.17) is 14.2 Å². The number of hydrogen-bond donors (Lipinski definition) is 1. The van der Waals surface area contributed by atoms with Gasteiger partial charge in [-0.25, -0.2) is 0 Å². The fourth-order valence-corrected chi connectivity index (χ4v) is 3.72. The third kappa shape index (κ3) is 3.53. The van der Waals surface area contributed by atoms with Gasteiger partial charge in [0, 0.05) is 18.2 Å². The smallest absolute Gasteiger partial charge is 0.314 e. The molecule has 0 aliphatic heterocycles. The van der Waals surface area contributed by atoms with Crippen LogP contribution in [0.2, 0.25) is 0 Å². The molecule has 0 fully saturated rings. The minimum Gasteiger partial charge on any atom is -0.493 e. The van der Waals surface area contributed by atoms with Gasteiger partial charge in [0.15, 0.2) is 11.5 Å². The van der Waals surface area contributed by atoms with Gasteiger partial charge in [-0.2, -0.15) is 0 Å². The summed E-state index contributed by atoms with van der Waals surface area (Å²) in [6.45, 7) is 0.710. The van der Waals surface area contributed by atoms with Gasteiger partial charge < -0.3 is 19.5 Å². The van der Waals surface area contributed by atoms with Crippen molar-refractivity contribution in [2.75, 3.05) is 21.3 Å². The summed E-state index contributed by atoms with van der Waals surface area (Å²) in [5, 5.41) is 3.54. The fourth-order valence-electron chi connectivity index (χ4n) is 3.72. The van der Waals surface area contributed by atoms with Crippen molar-refractivity contribution in [3.8, 4) is 11.5 Å². The molecule has 1 aliphatic rings. The molecule has 1 aliphatic carbocycles. The predicted molar refractivity (Wildman–Crippen MR) is 99.7 cm³/mol. The highest BCUT2D eigenvalue weighted by Gasteiger charge is 2.37. The molecular weight excluding hydrogens is 330 g/mol. The summed E-state index contributed by atoms with van der Waals surface area (Å²) in [5.41, 5.74) is 3.17. The van der Waals surface area contributed by atoms with Gasteiger partial charge in [-0.1, -0.05) is 36.4 Å². The molecular formula is C21H25NO4. The summed E-state index contributed by atoms with van der Waals surface area (Å²) in [7, 11) is 4.69. The van der Waals surface area contributed by atoms with Crippen LogP contribution >= 0.6 is 0 Å². The first-order valence-electron chi connectivity index (χ1n) is 8.78. The van der Waals surface area contributed by atoms with Gasteiger partial charge in [0.2, 0.25) is 0 Å². The molecule has 2 atom stereocenters. The number of ether oxygens (including phenoxy) is 3. The second-order valence-corrected chi connectivity index (χ2v) is 6.38. The normalized spacial score (nSPS) is 18.7. The summed E-state index contributed by atoms with van der Waals surface area (Å²) in [6, 6.07) is 14.0. The topological polar surface area (TPSA) is 56.8 Å². The zero-order valence-corrected chi connectivity index (χ0v) is 15.5. The Hall–Kier alpha value is -2.53. The van der Waals surface area contributed by atoms with E-state index in [2.05, 4.69) is 17.4 Å². The second-order valence-electron chi connectivity index (χ2n) is 6.38. The Bertz CT molecular complexity index is 760. The van der Waals surface area contributed by atoms with E-state index in [0.717, 1.165) is 24.0 Å². The van der Waals surface area contributed by atoms with Crippen LogP contribution < -0.4 is 14.8 Å². The van der Waals surface area contributed by atoms with Crippen LogP contribution in [-0.2, 0) is 22.5 Å². The molecule has 0 amide bonds. The Morgan fingerprint density at radius 2 is 1.85 bits per heavy atom. The van der Waals surface area contributed by atoms with Gasteiger partial charge in [-0.3, -0.25) is 4.79 Å². The molecule has 0 saturated heterocycles. The van der Waals surface area contributed by atoms with E-state index in [1.165, 1.54) is 12.7 Å². The molecule has 3 rings (SSSR count). The SMILES string of the molecule is COC(=O)C1c2ccc(OC)c(OC)c2CCC1NCc1ccccc1. The first kappa shape index (κ1) is 18.3. The molecule has 1 N–H and O–H groups in total. The van der Waals surface area contributed by atoms with E-state index < -0.39 is 0 Å². The van der Waals surface area contributed by atoms with E-state index >= 15 is 0 Å². The number of esters is 1. The van der Waals surface area contributed by atoms with Crippen molar-refractivity contribution >= 4 is 5.97 Å². The van der Waals surface area contributed by atoms with E-state index in [9.17, 15) is 4.79 Å². The van der Waals surface area contributed by atoms with Crippen molar-refractivity contribution in [2.24, 2.45) is 0 Å². The number of fused-ring (bicyclic) bond motifs is 1. The number of benzene rings is 2. The van der Waals surface area contributed by atoms with Crippen LogP contribution in [0.15, 0.2) is 42.5 Å². The molecule has 2 aromatic carbocycles. The fraction of sp³-hybridized carbons (Fsp3) is 0.381. The lowest BCUT2D eigenvalue weighted by atomic mass is 9.78. The first-order chi connectivity index (χ1) is 12.7. The van der Waals surface area contributed by atoms with Gasteiger partial charge in [0.1, 0.15) is 0 Å². The summed E-state index contributed by atoms with van der Waals surface area (Å²) < 4.78 is 16.1. The Morgan fingerprint density at radius 3 is 2.50 bits per heavy atom. The van der Waals surface area contributed by atoms with Gasteiger partial charge in [0.25, 0.3) is 0 Å². The van der Waals surface area contributed by atoms with Crippen molar-refractivity contribution in [1.82, 2.24) is 5.32 Å². The molecule has 2 unspecified atom stereocenters. The maximum absolute atomic E-state index is 12.6. The van der Waals surface area contributed by atoms with Crippen LogP contribution in [0.1, 0.15) is 29.0 Å². The van der Waals surface area contributed by atoms with Gasteiger partial charge in [0.05, 0.1) is 27.2 Å². The molecule has 138 valence electrons. The van der Waals surface area contributed by atoms with Gasteiger partial charge in [-0.05, 0) is 30.0 Å². The Morgan fingerprint density at radius 1 is 1.08 bits per heavy atom. The minimum atomic E-state index is -0.368. The van der Waals surface area contributed by atoms with Crippen LogP contribution in [0.4, 0.5) is 0 Å². The number of hydrogen-bond acceptors (Lipinski definition) is 5. The summed E-state index contributed by atoms with van der Waals surface area (Å²) in [5.74, 6) is 0.793. The number of carbonyl (C=O) groups is 1. The average Bonchev–Trinajstić information content (AvgIpc) is 2.70. The molecule has 26 heavy (non-hydrogen) atoms. The maximum atomic E-state index is 12.6. The number of methoxy groups -OCH3 is 3. The molecule has 0 spiro atoms. The summed E-state index contributed by atoms with van der Waals surface area (Å²) in [4.78, 5) is 12.6. The predicted octanol–water partition coefficient (Wildman–Crippen LogP) is 3.07. The van der Waals surface area contributed by atoms with Crippen molar-refractivity contribution in [1.29, 1.82) is 0 Å². The Kier molecular flexibility index (Phi) is 5.78. The highest BCUT2D eigenvalue weighted by atomic mass is 16.5. The Balaban J connectivity index is 1.90. The molecule has 0 radical (unpaired) electrons. The van der Waals surface area contributed by atoms with E-state index in [-0.39, 0.29) is 17.9 Å². The van der Waals surface area contributed by atoms with Crippen molar-refractivity contribution in [2.45, 2.75) is 31.3 Å². The molecule has 0 heterocycles. The molecule has 5 nitrogen and oxygen atoms in total. The van der Waals surface area contributed by atoms with Crippen LogP contribution in [0, 0.1) is 0 Å². The van der Waals surface area contributed by atoms with Crippen molar-refractivity contribution in [3.63, 3.8) is 0 Å². The molecule has 0 bridgehead atoms. The lowest BCUT2D eigenvalue weighted by Gasteiger charge is -2.33. The third-order valence-corrected chi connectivity index (χ3v) is 4.99. The van der Waals surface area contributed by atoms with E-state index in [1.807, 2.05) is 30.3 Å². The number of nitrogens with one attached hydrogen (secondary N) is 1. The quantitative estimate of drug-likeness (QED) is 0.807. The minimum absolute atomic E-state index is 0.00765. The number of carbonyl (C=O) groups excluding carboxylic acids is 1. The standard InChI is InChI=1S/C21H25NO4/c1-24-18-12-10-15-16(20(18)25-2)9-11-17(19(15)21(23)26-3)22-13-14-7-5-4-6-8-14/h4-8,10,12,17,19,22H,9,11,13H2,1-3H3. The molecule has 5 heteroatoms. The van der Waals surface area contributed by atoms with Crippen LogP contribution in [0.5, 0.6) is 11.5 Å². The lowest BCUT2D eigenvalue weighted by molar-refractivity contribution is -0.143. The van der Waals surface area contributed by atoms with Crippen LogP contribution in [0.3, 0.4) is 0 Å². The van der Waals surface area contributed by atoms with Gasteiger partial charge >= 0.3 is 5.97 Å². The lowest BCUT2D eigenvalue weighted by Crippen LogP contribution is -2.42. The second kappa shape index (κ2) is 8.23. The Labute approximate surface area is 154 Å². The van der Waals surface area contributed by atoms with Gasteiger partial charge in [-0.15, -0.1) is 0 Å². The number of rotatable bonds is 6. The molecule has 0 saturated carbocycles. The van der Waals surface area contributed by atoms with E-state index in [0.29, 0.717) is 18.0 Å². The summed E-state index contributed by atoms with van der Waals surface area (Å²) in [6.07, 6.45) is 1.64. The molecule has 0 aromatic heterocycles. The zero-order chi connectivity index (χ0) is 18.5. The first-order valence-corrected chi connectivity index (χ1v) is 8.78. The summed E-state index contributed by atoms with van der Waals surface area (Å²) >= 11 is 0. The highest BCUT2D eigenvalue weighted by molar-refractivity contribution is 5.81. The maximum Gasteiger partial charge on any atom is 0.314 e. The largest absolute Gasteiger partial charge is 0.493 e. The van der Waals surface area contributed by atoms with Crippen molar-refractivity contribution in [3.05, 3.63) is 59.2 Å². The third-order valence-electron chi connectivity index (χ3n) is 4.99. The zero-order valence-electron chi connectivity index (χ0n) is 15.5. The monoisotopic (exact) mass is 355 g/mol. The van der Waals surface area contributed by atoms with E-state index in [1.54, 1.807) is 14.2 Å². The highest BCUT2D eigenvalue weighted by Crippen LogP contribution is 2.42. The van der Waals surface area contributed by atoms with Crippen LogP contribution in [-0.4, -0.2) is 33.3 Å². The molecule has 2 aromatic rings.